The van der Waals surface area contributed by atoms with Crippen molar-refractivity contribution in [3.8, 4) is 0 Å². The van der Waals surface area contributed by atoms with Gasteiger partial charge in [0.05, 0.1) is 0 Å². The Kier molecular flexibility index (Phi) is 16.5. The summed E-state index contributed by atoms with van der Waals surface area (Å²) in [5, 5.41) is 0. The molecule has 0 aliphatic heterocycles. The van der Waals surface area contributed by atoms with Gasteiger partial charge < -0.3 is 0 Å². The fourth-order valence-electron chi connectivity index (χ4n) is 2.20. The van der Waals surface area contributed by atoms with Gasteiger partial charge in [0.1, 0.15) is 0 Å². The van der Waals surface area contributed by atoms with Gasteiger partial charge in [-0.25, -0.2) is 0 Å². The van der Waals surface area contributed by atoms with E-state index in [1.165, 1.54) is 85.4 Å². The van der Waals surface area contributed by atoms with Gasteiger partial charge in [0.15, 0.2) is 0 Å². The van der Waals surface area contributed by atoms with Gasteiger partial charge in [-0.3, -0.25) is 0 Å². The number of rotatable bonds is 14. The summed E-state index contributed by atoms with van der Waals surface area (Å²) in [6.07, 6.45) is 15.1. The average Bonchev–Trinajstić information content (AvgIpc) is 2.44. The van der Waals surface area contributed by atoms with E-state index in [0.29, 0.717) is 6.42 Å². The maximum absolute atomic E-state index is 11.4. The minimum absolute atomic E-state index is 0.0247. The zero-order valence-corrected chi connectivity index (χ0v) is 17.0. The molecule has 0 aromatic heterocycles. The number of unbranched alkanes of at least 4 members (excludes halogenated alkanes) is 10. The van der Waals surface area contributed by atoms with Crippen molar-refractivity contribution >= 4 is 36.1 Å². The Morgan fingerprint density at radius 1 is 0.950 bits per heavy atom. The van der Waals surface area contributed by atoms with Crippen LogP contribution in [0.1, 0.15) is 90.9 Å². The van der Waals surface area contributed by atoms with Crippen molar-refractivity contribution in [3.63, 3.8) is 0 Å². The first-order valence-electron chi connectivity index (χ1n) is 8.22. The number of ether oxygens (including phenoxy) is 1. The van der Waals surface area contributed by atoms with Crippen molar-refractivity contribution < 1.29 is 9.53 Å². The standard InChI is InChI=1S/C16H32O2S.Sn/c1-3-4-5-6-7-8-9-10-11-12-13-14-16(17)18-15(2)19;/h15,19H,3-14H2,1-2H3;/q;+1/p-1. The molecule has 0 aliphatic rings. The van der Waals surface area contributed by atoms with Crippen LogP contribution in [-0.4, -0.2) is 32.5 Å². The van der Waals surface area contributed by atoms with E-state index in [4.69, 9.17) is 4.74 Å². The summed E-state index contributed by atoms with van der Waals surface area (Å²) in [6, 6.07) is 0. The summed E-state index contributed by atoms with van der Waals surface area (Å²) in [5.41, 5.74) is 0.0356. The Balaban J connectivity index is 3.14. The molecule has 2 nitrogen and oxygen atoms in total. The molecule has 0 rings (SSSR count). The number of hydrogen-bond acceptors (Lipinski definition) is 3. The SMILES string of the molecule is CCCCCCCCCCCCCC(=O)OC(C)[S][Sn]. The molecule has 0 spiro atoms. The monoisotopic (exact) mass is 407 g/mol. The molecular formula is C16H31O2SSn. The Morgan fingerprint density at radius 2 is 1.40 bits per heavy atom. The molecule has 0 amide bonds. The van der Waals surface area contributed by atoms with Crippen LogP contribution in [0, 0.1) is 0 Å². The Labute approximate surface area is 141 Å². The summed E-state index contributed by atoms with van der Waals surface area (Å²) in [6.45, 7) is 4.20. The third-order valence-corrected chi connectivity index (χ3v) is 6.72. The van der Waals surface area contributed by atoms with Gasteiger partial charge in [0.2, 0.25) is 0 Å². The summed E-state index contributed by atoms with van der Waals surface area (Å²) >= 11 is 1.35. The second-order valence-electron chi connectivity index (χ2n) is 5.46. The first-order chi connectivity index (χ1) is 9.70. The first-order valence-corrected chi connectivity index (χ1v) is 12.6. The molecular weight excluding hydrogens is 375 g/mol. The van der Waals surface area contributed by atoms with Crippen LogP contribution in [0.5, 0.6) is 0 Å². The van der Waals surface area contributed by atoms with Crippen LogP contribution in [0.3, 0.4) is 0 Å². The van der Waals surface area contributed by atoms with E-state index in [1.807, 2.05) is 6.92 Å². The number of hydrogen-bond donors (Lipinski definition) is 0. The van der Waals surface area contributed by atoms with Crippen molar-refractivity contribution in [3.05, 3.63) is 0 Å². The van der Waals surface area contributed by atoms with Crippen molar-refractivity contribution in [1.29, 1.82) is 0 Å². The summed E-state index contributed by atoms with van der Waals surface area (Å²) in [4.78, 5) is 11.4. The van der Waals surface area contributed by atoms with Crippen molar-refractivity contribution in [1.82, 2.24) is 0 Å². The Hall–Kier alpha value is 0.619. The van der Waals surface area contributed by atoms with Crippen LogP contribution in [-0.2, 0) is 9.53 Å². The molecule has 0 saturated heterocycles. The minimum atomic E-state index is -0.0247. The third kappa shape index (κ3) is 15.0. The molecule has 0 saturated carbocycles. The van der Waals surface area contributed by atoms with Crippen LogP contribution >= 0.6 is 8.95 Å². The van der Waals surface area contributed by atoms with Crippen molar-refractivity contribution in [2.45, 2.75) is 96.3 Å². The first kappa shape index (κ1) is 20.6. The zero-order chi connectivity index (χ0) is 15.1. The van der Waals surface area contributed by atoms with E-state index >= 15 is 0 Å². The van der Waals surface area contributed by atoms with Gasteiger partial charge >= 0.3 is 109 Å². The van der Waals surface area contributed by atoms with Gasteiger partial charge in [0.25, 0.3) is 0 Å². The fraction of sp³-hybridized carbons (Fsp3) is 0.938. The molecule has 117 valence electrons. The van der Waals surface area contributed by atoms with E-state index in [2.05, 4.69) is 6.92 Å². The second kappa shape index (κ2) is 16.0. The second-order valence-corrected chi connectivity index (χ2v) is 8.38. The molecule has 20 heavy (non-hydrogen) atoms. The average molecular weight is 406 g/mol. The molecule has 4 heteroatoms. The Bertz CT molecular complexity index is 225. The van der Waals surface area contributed by atoms with Gasteiger partial charge in [-0.1, -0.05) is 32.6 Å². The topological polar surface area (TPSA) is 26.3 Å². The van der Waals surface area contributed by atoms with Crippen molar-refractivity contribution in [2.24, 2.45) is 0 Å². The van der Waals surface area contributed by atoms with E-state index in [9.17, 15) is 4.79 Å². The van der Waals surface area contributed by atoms with Gasteiger partial charge in [0, 0.05) is 0 Å². The normalized spacial score (nSPS) is 12.3. The van der Waals surface area contributed by atoms with Crippen LogP contribution < -0.4 is 0 Å². The molecule has 1 unspecified atom stereocenters. The maximum atomic E-state index is 11.4. The molecule has 0 aliphatic carbocycles. The van der Waals surface area contributed by atoms with E-state index in [0.717, 1.165) is 6.42 Å². The van der Waals surface area contributed by atoms with Crippen LogP contribution in [0.2, 0.25) is 0 Å². The van der Waals surface area contributed by atoms with E-state index < -0.39 is 0 Å². The molecule has 0 heterocycles. The molecule has 3 radical (unpaired) electrons. The summed E-state index contributed by atoms with van der Waals surface area (Å²) < 4.78 is 5.24. The summed E-state index contributed by atoms with van der Waals surface area (Å²) in [5.74, 6) is -0.0247. The van der Waals surface area contributed by atoms with Gasteiger partial charge in [-0.2, -0.15) is 0 Å². The molecule has 0 aromatic carbocycles. The molecule has 0 aromatic rings. The molecule has 1 atom stereocenters. The van der Waals surface area contributed by atoms with Gasteiger partial charge in [-0.05, 0) is 0 Å². The quantitative estimate of drug-likeness (QED) is 0.167. The van der Waals surface area contributed by atoms with Crippen LogP contribution in [0.25, 0.3) is 0 Å². The van der Waals surface area contributed by atoms with Gasteiger partial charge in [-0.15, -0.1) is 0 Å². The van der Waals surface area contributed by atoms with E-state index in [1.54, 1.807) is 8.95 Å². The van der Waals surface area contributed by atoms with Crippen LogP contribution in [0.15, 0.2) is 0 Å². The van der Waals surface area contributed by atoms with E-state index in [-0.39, 0.29) is 11.4 Å². The van der Waals surface area contributed by atoms with Crippen molar-refractivity contribution in [2.75, 3.05) is 0 Å². The molecule has 0 N–H and O–H groups in total. The molecule has 0 fully saturated rings. The fourth-order valence-corrected chi connectivity index (χ4v) is 2.77. The third-order valence-electron chi connectivity index (χ3n) is 3.45. The Morgan fingerprint density at radius 3 is 1.85 bits per heavy atom. The summed E-state index contributed by atoms with van der Waals surface area (Å²) in [7, 11) is 1.66. The number of esters is 1. The number of carbonyl (C=O) groups excluding carboxylic acids is 1. The zero-order valence-electron chi connectivity index (χ0n) is 13.3. The predicted molar refractivity (Wildman–Crippen MR) is 90.0 cm³/mol. The molecule has 0 bridgehead atoms. The van der Waals surface area contributed by atoms with Crippen LogP contribution in [0.4, 0.5) is 0 Å². The predicted octanol–water partition coefficient (Wildman–Crippen LogP) is 5.39. The number of carbonyl (C=O) groups is 1.